The molecule has 90 valence electrons. The molecule has 1 N–H and O–H groups in total. The highest BCUT2D eigenvalue weighted by molar-refractivity contribution is 9.10. The van der Waals surface area contributed by atoms with Crippen LogP contribution >= 0.6 is 27.3 Å². The molecular weight excluding hydrogens is 318 g/mol. The van der Waals surface area contributed by atoms with Crippen LogP contribution in [0.5, 0.6) is 0 Å². The minimum absolute atomic E-state index is 0.424. The van der Waals surface area contributed by atoms with E-state index in [0.29, 0.717) is 10.2 Å². The van der Waals surface area contributed by atoms with E-state index in [-0.39, 0.29) is 0 Å². The van der Waals surface area contributed by atoms with Gasteiger partial charge in [0.2, 0.25) is 0 Å². The zero-order valence-electron chi connectivity index (χ0n) is 8.90. The van der Waals surface area contributed by atoms with Crippen molar-refractivity contribution in [3.05, 3.63) is 55.1 Å². The molecule has 1 aromatic carbocycles. The monoisotopic (exact) mass is 323 g/mol. The van der Waals surface area contributed by atoms with Gasteiger partial charge in [-0.25, -0.2) is 9.59 Å². The van der Waals surface area contributed by atoms with Gasteiger partial charge in [-0.1, -0.05) is 28.1 Å². The van der Waals surface area contributed by atoms with Gasteiger partial charge in [0, 0.05) is 15.4 Å². The Morgan fingerprint density at radius 3 is 2.61 bits per heavy atom. The van der Waals surface area contributed by atoms with Crippen LogP contribution in [-0.2, 0) is 0 Å². The fraction of sp³-hybridized carbons (Fsp3) is 0. The van der Waals surface area contributed by atoms with Gasteiger partial charge in [0.15, 0.2) is 0 Å². The van der Waals surface area contributed by atoms with Crippen LogP contribution in [0.4, 0.5) is 0 Å². The second-order valence-corrected chi connectivity index (χ2v) is 5.46. The van der Waals surface area contributed by atoms with Crippen molar-refractivity contribution in [2.75, 3.05) is 0 Å². The normalized spacial score (nSPS) is 10.9. The number of halogens is 1. The van der Waals surface area contributed by atoms with E-state index in [9.17, 15) is 9.59 Å². The first-order valence-electron chi connectivity index (χ1n) is 5.06. The fourth-order valence-corrected chi connectivity index (χ4v) is 2.90. The van der Waals surface area contributed by atoms with Crippen LogP contribution in [0, 0.1) is 0 Å². The molecule has 0 fully saturated rings. The molecule has 6 heteroatoms. The van der Waals surface area contributed by atoms with Crippen molar-refractivity contribution in [2.24, 2.45) is 0 Å². The second-order valence-electron chi connectivity index (χ2n) is 3.66. The predicted molar refractivity (Wildman–Crippen MR) is 74.1 cm³/mol. The van der Waals surface area contributed by atoms with E-state index in [1.165, 1.54) is 11.3 Å². The molecule has 0 aliphatic carbocycles. The molecule has 0 bridgehead atoms. The summed E-state index contributed by atoms with van der Waals surface area (Å²) in [6.45, 7) is 0. The highest BCUT2D eigenvalue weighted by atomic mass is 79.9. The summed E-state index contributed by atoms with van der Waals surface area (Å²) in [5.74, 6) is -0.732. The van der Waals surface area contributed by atoms with Gasteiger partial charge in [0.05, 0.1) is 5.52 Å². The molecule has 0 radical (unpaired) electrons. The van der Waals surface area contributed by atoms with E-state index in [4.69, 9.17) is 0 Å². The Kier molecular flexibility index (Phi) is 2.68. The van der Waals surface area contributed by atoms with E-state index in [0.717, 1.165) is 15.6 Å². The number of H-pyrrole nitrogens is 1. The number of rotatable bonds is 1. The summed E-state index contributed by atoms with van der Waals surface area (Å²) in [6.07, 6.45) is 0. The molecule has 0 aliphatic rings. The van der Waals surface area contributed by atoms with Crippen LogP contribution in [0.1, 0.15) is 0 Å². The Hall–Kier alpha value is -1.66. The molecular formula is C12H6BrNO3S. The lowest BCUT2D eigenvalue weighted by molar-refractivity contribution is 0.461. The third kappa shape index (κ3) is 1.83. The van der Waals surface area contributed by atoms with Gasteiger partial charge in [-0.2, -0.15) is 0 Å². The molecule has 2 aromatic heterocycles. The molecule has 0 saturated carbocycles. The third-order valence-electron chi connectivity index (χ3n) is 2.54. The summed E-state index contributed by atoms with van der Waals surface area (Å²) in [7, 11) is 0. The van der Waals surface area contributed by atoms with Gasteiger partial charge >= 0.3 is 11.4 Å². The van der Waals surface area contributed by atoms with Crippen LogP contribution in [0.3, 0.4) is 0 Å². The van der Waals surface area contributed by atoms with Crippen molar-refractivity contribution in [1.82, 2.24) is 4.98 Å². The van der Waals surface area contributed by atoms with Gasteiger partial charge in [0.25, 0.3) is 0 Å². The summed E-state index contributed by atoms with van der Waals surface area (Å²) in [4.78, 5) is 25.3. The van der Waals surface area contributed by atoms with E-state index in [1.807, 2.05) is 29.6 Å². The third-order valence-corrected chi connectivity index (χ3v) is 4.03. The first-order valence-corrected chi connectivity index (χ1v) is 6.73. The molecule has 0 spiro atoms. The highest BCUT2D eigenvalue weighted by Gasteiger charge is 2.11. The van der Waals surface area contributed by atoms with Crippen molar-refractivity contribution in [1.29, 1.82) is 0 Å². The first-order chi connectivity index (χ1) is 8.65. The van der Waals surface area contributed by atoms with E-state index in [2.05, 4.69) is 25.3 Å². The summed E-state index contributed by atoms with van der Waals surface area (Å²) in [5.41, 5.74) is 1.70. The molecule has 0 atom stereocenters. The Labute approximate surface area is 113 Å². The van der Waals surface area contributed by atoms with Crippen LogP contribution < -0.4 is 11.4 Å². The molecule has 4 nitrogen and oxygen atoms in total. The highest BCUT2D eigenvalue weighted by Crippen LogP contribution is 2.30. The Morgan fingerprint density at radius 2 is 1.89 bits per heavy atom. The zero-order valence-corrected chi connectivity index (χ0v) is 11.3. The summed E-state index contributed by atoms with van der Waals surface area (Å²) in [6, 6.07) is 7.64. The maximum atomic E-state index is 11.5. The Balaban J connectivity index is 2.33. The van der Waals surface area contributed by atoms with Gasteiger partial charge in [-0.05, 0) is 17.7 Å². The number of benzene rings is 1. The minimum Gasteiger partial charge on any atom is -0.372 e. The average molecular weight is 324 g/mol. The maximum Gasteiger partial charge on any atom is 0.419 e. The molecule has 3 rings (SSSR count). The number of hydrogen-bond acceptors (Lipinski definition) is 4. The number of thiophene rings is 1. The Bertz CT molecular complexity index is 829. The van der Waals surface area contributed by atoms with Crippen LogP contribution in [-0.4, -0.2) is 4.98 Å². The van der Waals surface area contributed by atoms with E-state index < -0.39 is 11.4 Å². The summed E-state index contributed by atoms with van der Waals surface area (Å²) < 4.78 is 5.89. The molecule has 3 aromatic rings. The number of fused-ring (bicyclic) bond motifs is 1. The van der Waals surface area contributed by atoms with E-state index >= 15 is 0 Å². The standard InChI is InChI=1S/C12H6BrNO3S/c13-7-3-1-6(2-4-7)8-5-18-10-9(8)14-12(16)17-11(10)15/h1-5H,(H,14,16). The first kappa shape index (κ1) is 11.4. The van der Waals surface area contributed by atoms with Crippen molar-refractivity contribution >= 4 is 37.5 Å². The summed E-state index contributed by atoms with van der Waals surface area (Å²) >= 11 is 4.62. The topological polar surface area (TPSA) is 63.1 Å². The van der Waals surface area contributed by atoms with Crippen LogP contribution in [0.2, 0.25) is 0 Å². The van der Waals surface area contributed by atoms with Gasteiger partial charge < -0.3 is 4.42 Å². The number of hydrogen-bond donors (Lipinski definition) is 1. The SMILES string of the molecule is O=c1[nH]c2c(-c3ccc(Br)cc3)csc2c(=O)o1. The number of aromatic nitrogens is 1. The second kappa shape index (κ2) is 4.22. The average Bonchev–Trinajstić information content (AvgIpc) is 2.74. The quantitative estimate of drug-likeness (QED) is 0.748. The molecule has 2 heterocycles. The molecule has 0 amide bonds. The summed E-state index contributed by atoms with van der Waals surface area (Å²) in [5, 5.41) is 1.83. The van der Waals surface area contributed by atoms with Crippen molar-refractivity contribution in [3.63, 3.8) is 0 Å². The van der Waals surface area contributed by atoms with Crippen molar-refractivity contribution < 1.29 is 4.42 Å². The van der Waals surface area contributed by atoms with Crippen molar-refractivity contribution in [3.8, 4) is 11.1 Å². The van der Waals surface area contributed by atoms with Gasteiger partial charge in [-0.15, -0.1) is 11.3 Å². The predicted octanol–water partition coefficient (Wildman–Crippen LogP) is 2.97. The Morgan fingerprint density at radius 1 is 1.17 bits per heavy atom. The molecule has 0 aliphatic heterocycles. The lowest BCUT2D eigenvalue weighted by Gasteiger charge is -1.99. The van der Waals surface area contributed by atoms with Crippen LogP contribution in [0.15, 0.2) is 48.1 Å². The number of aromatic amines is 1. The maximum absolute atomic E-state index is 11.5. The van der Waals surface area contributed by atoms with Crippen molar-refractivity contribution in [2.45, 2.75) is 0 Å². The lowest BCUT2D eigenvalue weighted by atomic mass is 10.1. The minimum atomic E-state index is -0.732. The van der Waals surface area contributed by atoms with Gasteiger partial charge in [0.1, 0.15) is 4.70 Å². The fourth-order valence-electron chi connectivity index (χ4n) is 1.73. The lowest BCUT2D eigenvalue weighted by Crippen LogP contribution is -2.13. The van der Waals surface area contributed by atoms with Crippen LogP contribution in [0.25, 0.3) is 21.3 Å². The van der Waals surface area contributed by atoms with E-state index in [1.54, 1.807) is 0 Å². The number of nitrogens with one attached hydrogen (secondary N) is 1. The molecule has 0 unspecified atom stereocenters. The zero-order chi connectivity index (χ0) is 12.7. The smallest absolute Gasteiger partial charge is 0.372 e. The molecule has 18 heavy (non-hydrogen) atoms. The van der Waals surface area contributed by atoms with Gasteiger partial charge in [-0.3, -0.25) is 4.98 Å². The largest absolute Gasteiger partial charge is 0.419 e. The molecule has 0 saturated heterocycles.